The second-order valence-corrected chi connectivity index (χ2v) is 12.6. The second kappa shape index (κ2) is 10.1. The van der Waals surface area contributed by atoms with Gasteiger partial charge in [0.15, 0.2) is 0 Å². The van der Waals surface area contributed by atoms with Crippen LogP contribution in [-0.4, -0.2) is 36.4 Å². The van der Waals surface area contributed by atoms with Gasteiger partial charge < -0.3 is 0 Å². The van der Waals surface area contributed by atoms with Gasteiger partial charge >= 0.3 is 153 Å². The average molecular weight is 427 g/mol. The Morgan fingerprint density at radius 1 is 1.00 bits per heavy atom. The number of rotatable bonds is 12. The molecule has 0 aliphatic heterocycles. The molecule has 0 aliphatic carbocycles. The first-order valence-electron chi connectivity index (χ1n) is 9.43. The first-order valence-corrected chi connectivity index (χ1v) is 12.3. The van der Waals surface area contributed by atoms with Crippen molar-refractivity contribution in [3.8, 4) is 0 Å². The molecule has 0 spiro atoms. The number of aliphatic hydroxyl groups is 1. The Labute approximate surface area is 153 Å². The third-order valence-corrected chi connectivity index (χ3v) is 9.77. The first-order chi connectivity index (χ1) is 10.9. The number of nitrogens with zero attached hydrogens (tertiary/aromatic N) is 1. The van der Waals surface area contributed by atoms with Crippen LogP contribution < -0.4 is 3.71 Å². The molecule has 0 unspecified atom stereocenters. The van der Waals surface area contributed by atoms with Crippen molar-refractivity contribution in [1.29, 1.82) is 0 Å². The summed E-state index contributed by atoms with van der Waals surface area (Å²) in [4.78, 5) is 0. The van der Waals surface area contributed by atoms with Crippen molar-refractivity contribution in [3.63, 3.8) is 0 Å². The van der Waals surface area contributed by atoms with Crippen molar-refractivity contribution in [2.24, 2.45) is 0 Å². The minimum atomic E-state index is -0.816. The van der Waals surface area contributed by atoms with Gasteiger partial charge in [0.2, 0.25) is 0 Å². The van der Waals surface area contributed by atoms with E-state index in [4.69, 9.17) is 0 Å². The van der Waals surface area contributed by atoms with E-state index in [9.17, 15) is 5.11 Å². The van der Waals surface area contributed by atoms with Crippen LogP contribution in [0.3, 0.4) is 0 Å². The average Bonchev–Trinajstić information content (AvgIpc) is 2.97. The van der Waals surface area contributed by atoms with Crippen molar-refractivity contribution < 1.29 is 5.11 Å². The Hall–Kier alpha value is -0.0313. The van der Waals surface area contributed by atoms with Gasteiger partial charge in [0, 0.05) is 0 Å². The van der Waals surface area contributed by atoms with E-state index in [1.165, 1.54) is 61.5 Å². The van der Waals surface area contributed by atoms with Gasteiger partial charge in [-0.3, -0.25) is 0 Å². The minimum absolute atomic E-state index is 0.553. The van der Waals surface area contributed by atoms with Gasteiger partial charge in [0.25, 0.3) is 0 Å². The molecule has 0 saturated heterocycles. The molecular formula is C19H36N2OSn. The maximum atomic E-state index is 10.2. The molecule has 3 nitrogen and oxygen atoms in total. The van der Waals surface area contributed by atoms with Crippen molar-refractivity contribution in [3.05, 3.63) is 11.8 Å². The molecule has 0 amide bonds. The van der Waals surface area contributed by atoms with Crippen LogP contribution in [0, 0.1) is 0 Å². The van der Waals surface area contributed by atoms with Crippen molar-refractivity contribution in [2.75, 3.05) is 0 Å². The van der Waals surface area contributed by atoms with Crippen LogP contribution in [-0.2, 0) is 5.60 Å². The third kappa shape index (κ3) is 7.16. The molecule has 0 atom stereocenters. The SMILES string of the molecule is CCCC[C](CCCC)(CCCC)[Sn][c]1cc(C(C)(C)O)[nH]n1. The molecule has 0 bridgehead atoms. The normalized spacial score (nSPS) is 12.8. The zero-order valence-corrected chi connectivity index (χ0v) is 18.7. The van der Waals surface area contributed by atoms with Crippen molar-refractivity contribution in [2.45, 2.75) is 101 Å². The Morgan fingerprint density at radius 2 is 1.48 bits per heavy atom. The van der Waals surface area contributed by atoms with Gasteiger partial charge in [-0.1, -0.05) is 0 Å². The van der Waals surface area contributed by atoms with E-state index in [1.807, 2.05) is 13.8 Å². The number of nitrogens with one attached hydrogen (secondary N) is 1. The van der Waals surface area contributed by atoms with Crippen LogP contribution in [0.15, 0.2) is 6.07 Å². The molecule has 132 valence electrons. The maximum absolute atomic E-state index is 10.2. The number of aromatic amines is 1. The quantitative estimate of drug-likeness (QED) is 0.476. The molecule has 1 rings (SSSR count). The van der Waals surface area contributed by atoms with Gasteiger partial charge in [-0.05, 0) is 0 Å². The number of hydrogen-bond donors (Lipinski definition) is 2. The van der Waals surface area contributed by atoms with Crippen molar-refractivity contribution >= 4 is 24.9 Å². The molecule has 0 aliphatic rings. The van der Waals surface area contributed by atoms with Crippen molar-refractivity contribution in [1.82, 2.24) is 10.2 Å². The van der Waals surface area contributed by atoms with Gasteiger partial charge in [-0.2, -0.15) is 0 Å². The predicted octanol–water partition coefficient (Wildman–Crippen LogP) is 4.70. The number of unbranched alkanes of at least 4 members (excludes halogenated alkanes) is 3. The second-order valence-electron chi connectivity index (χ2n) is 7.44. The van der Waals surface area contributed by atoms with E-state index in [1.54, 1.807) is 0 Å². The Morgan fingerprint density at radius 3 is 1.83 bits per heavy atom. The van der Waals surface area contributed by atoms with Gasteiger partial charge in [0.05, 0.1) is 0 Å². The number of H-pyrrole nitrogens is 1. The molecule has 4 heteroatoms. The zero-order valence-electron chi connectivity index (χ0n) is 15.8. The summed E-state index contributed by atoms with van der Waals surface area (Å²) in [6.07, 6.45) is 12.0. The summed E-state index contributed by atoms with van der Waals surface area (Å²) in [5.74, 6) is 0. The molecule has 1 heterocycles. The summed E-state index contributed by atoms with van der Waals surface area (Å²) in [6.45, 7) is 10.6. The van der Waals surface area contributed by atoms with Crippen LogP contribution in [0.4, 0.5) is 0 Å². The Balaban J connectivity index is 2.93. The summed E-state index contributed by atoms with van der Waals surface area (Å²) in [7, 11) is 0. The fourth-order valence-corrected chi connectivity index (χ4v) is 8.15. The van der Waals surface area contributed by atoms with Crippen LogP contribution in [0.1, 0.15) is 98.1 Å². The summed E-state index contributed by atoms with van der Waals surface area (Å²) >= 11 is -0.791. The summed E-state index contributed by atoms with van der Waals surface area (Å²) < 4.78 is 1.84. The van der Waals surface area contributed by atoms with E-state index < -0.39 is 26.7 Å². The molecule has 1 aromatic heterocycles. The zero-order chi connectivity index (χ0) is 17.3. The predicted molar refractivity (Wildman–Crippen MR) is 100 cm³/mol. The molecule has 1 aromatic rings. The summed E-state index contributed by atoms with van der Waals surface area (Å²) in [5, 5.41) is 17.8. The van der Waals surface area contributed by atoms with E-state index in [-0.39, 0.29) is 0 Å². The standard InChI is InChI=1S/C13H27.C6H9N2O.Sn/c1-4-7-10-13(11-8-5-2)12-9-6-3;1-6(2,9)5-3-4-7-8-5;/h4-12H2,1-3H3;3,9H,1-2H3,(H,7,8);. The number of hydrogen-bond acceptors (Lipinski definition) is 2. The van der Waals surface area contributed by atoms with Crippen LogP contribution >= 0.6 is 0 Å². The molecule has 23 heavy (non-hydrogen) atoms. The molecular weight excluding hydrogens is 391 g/mol. The van der Waals surface area contributed by atoms with Gasteiger partial charge in [-0.25, -0.2) is 0 Å². The molecule has 0 aromatic carbocycles. The Bertz CT molecular complexity index is 415. The fraction of sp³-hybridized carbons (Fsp3) is 0.842. The molecule has 2 N–H and O–H groups in total. The first kappa shape index (κ1) is 21.0. The van der Waals surface area contributed by atoms with E-state index in [0.29, 0.717) is 3.43 Å². The van der Waals surface area contributed by atoms with Crippen LogP contribution in [0.5, 0.6) is 0 Å². The summed E-state index contributed by atoms with van der Waals surface area (Å²) in [6, 6.07) is 2.14. The topological polar surface area (TPSA) is 48.9 Å². The molecule has 0 fully saturated rings. The number of aromatic nitrogens is 2. The monoisotopic (exact) mass is 428 g/mol. The third-order valence-electron chi connectivity index (χ3n) is 4.66. The van der Waals surface area contributed by atoms with E-state index >= 15 is 0 Å². The fourth-order valence-electron chi connectivity index (χ4n) is 3.08. The molecule has 2 radical (unpaired) electrons. The van der Waals surface area contributed by atoms with Gasteiger partial charge in [-0.15, -0.1) is 0 Å². The Kier molecular flexibility index (Phi) is 9.20. The van der Waals surface area contributed by atoms with E-state index in [0.717, 1.165) is 5.69 Å². The van der Waals surface area contributed by atoms with Crippen LogP contribution in [0.25, 0.3) is 0 Å². The van der Waals surface area contributed by atoms with Crippen LogP contribution in [0.2, 0.25) is 3.43 Å². The van der Waals surface area contributed by atoms with E-state index in [2.05, 4.69) is 37.0 Å². The van der Waals surface area contributed by atoms with Gasteiger partial charge in [0.1, 0.15) is 0 Å². The molecule has 0 saturated carbocycles. The summed E-state index contributed by atoms with van der Waals surface area (Å²) in [5.41, 5.74) is 0.0487.